The van der Waals surface area contributed by atoms with E-state index in [0.29, 0.717) is 11.3 Å². The maximum Gasteiger partial charge on any atom is 0.511 e. The quantitative estimate of drug-likeness (QED) is 0.508. The number of carbonyl (C=O) groups is 1. The maximum atomic E-state index is 14.5. The lowest BCUT2D eigenvalue weighted by atomic mass is 10.1. The number of hydrogen-bond donors (Lipinski definition) is 1. The number of ether oxygens (including phenoxy) is 1. The number of carboxylic acid groups (broad SMARTS) is 1. The van der Waals surface area contributed by atoms with Crippen molar-refractivity contribution in [3.05, 3.63) is 75.4 Å². The second-order valence-electron chi connectivity index (χ2n) is 6.06. The van der Waals surface area contributed by atoms with Crippen molar-refractivity contribution in [3.63, 3.8) is 0 Å². The van der Waals surface area contributed by atoms with E-state index in [1.54, 1.807) is 29.6 Å². The summed E-state index contributed by atoms with van der Waals surface area (Å²) in [5.41, 5.74) is 0.925. The Bertz CT molecular complexity index is 1270. The van der Waals surface area contributed by atoms with Crippen LogP contribution in [0.1, 0.15) is 5.56 Å². The van der Waals surface area contributed by atoms with Crippen LogP contribution in [0.15, 0.2) is 52.8 Å². The average molecular weight is 415 g/mol. The van der Waals surface area contributed by atoms with Crippen LogP contribution in [0.3, 0.4) is 0 Å². The van der Waals surface area contributed by atoms with Gasteiger partial charge in [0, 0.05) is 17.5 Å². The molecule has 146 valence electrons. The van der Waals surface area contributed by atoms with Crippen molar-refractivity contribution in [2.45, 2.75) is 6.54 Å². The van der Waals surface area contributed by atoms with Crippen molar-refractivity contribution >= 4 is 28.6 Å². The van der Waals surface area contributed by atoms with Crippen molar-refractivity contribution in [2.75, 3.05) is 0 Å². The van der Waals surface area contributed by atoms with E-state index in [9.17, 15) is 18.4 Å². The van der Waals surface area contributed by atoms with Gasteiger partial charge in [-0.15, -0.1) is 5.10 Å². The Morgan fingerprint density at radius 1 is 1.14 bits per heavy atom. The largest absolute Gasteiger partial charge is 0.511 e. The molecule has 0 bridgehead atoms. The molecule has 2 heterocycles. The number of nitrogens with zero attached hydrogens (tertiary/aromatic N) is 3. The van der Waals surface area contributed by atoms with Gasteiger partial charge in [-0.1, -0.05) is 28.8 Å². The summed E-state index contributed by atoms with van der Waals surface area (Å²) >= 11 is 1.22. The minimum absolute atomic E-state index is 0.0444. The molecule has 0 amide bonds. The van der Waals surface area contributed by atoms with Crippen LogP contribution in [0.25, 0.3) is 22.2 Å². The molecule has 0 saturated heterocycles. The minimum Gasteiger partial charge on any atom is -0.449 e. The first-order chi connectivity index (χ1) is 13.9. The fourth-order valence-corrected chi connectivity index (χ4v) is 3.45. The monoisotopic (exact) mass is 415 g/mol. The van der Waals surface area contributed by atoms with Crippen LogP contribution in [0.2, 0.25) is 0 Å². The lowest BCUT2D eigenvalue weighted by Gasteiger charge is -2.14. The lowest BCUT2D eigenvalue weighted by Crippen LogP contribution is -2.18. The summed E-state index contributed by atoms with van der Waals surface area (Å²) < 4.78 is 38.3. The highest BCUT2D eigenvalue weighted by molar-refractivity contribution is 7.03. The van der Waals surface area contributed by atoms with E-state index in [1.165, 1.54) is 16.1 Å². The number of rotatable bonds is 4. The van der Waals surface area contributed by atoms with Gasteiger partial charge in [0.25, 0.3) is 0 Å². The molecule has 0 saturated carbocycles. The molecule has 7 nitrogen and oxygen atoms in total. The minimum atomic E-state index is -1.73. The molecular formula is C19H11F2N3O4S. The molecule has 2 aromatic heterocycles. The summed E-state index contributed by atoms with van der Waals surface area (Å²) in [4.78, 5) is 23.3. The third-order valence-electron chi connectivity index (χ3n) is 4.25. The first-order valence-electron chi connectivity index (χ1n) is 8.22. The molecule has 4 aromatic rings. The standard InChI is InChI=1S/C19H11F2N3O4S/c20-12-5-6-13(21)17-16(12)18(25)15(28-19(26)27)8-24(17)7-10-1-3-11(4-2-10)14-9-29-23-22-14/h1-6,8-9H,7H2,(H,26,27). The molecule has 0 aliphatic carbocycles. The molecule has 0 aliphatic rings. The SMILES string of the molecule is O=C(O)Oc1cn(Cc2ccc(-c3csnn3)cc2)c2c(F)ccc(F)c2c1=O. The Balaban J connectivity index is 1.82. The maximum absolute atomic E-state index is 14.5. The predicted molar refractivity (Wildman–Crippen MR) is 101 cm³/mol. The van der Waals surface area contributed by atoms with Crippen molar-refractivity contribution < 1.29 is 23.4 Å². The van der Waals surface area contributed by atoms with Gasteiger partial charge in [0.2, 0.25) is 5.43 Å². The fraction of sp³-hybridized carbons (Fsp3) is 0.0526. The first-order valence-corrected chi connectivity index (χ1v) is 9.06. The zero-order valence-electron chi connectivity index (χ0n) is 14.5. The Morgan fingerprint density at radius 3 is 2.52 bits per heavy atom. The molecular weight excluding hydrogens is 404 g/mol. The van der Waals surface area contributed by atoms with Crippen LogP contribution in [0.4, 0.5) is 13.6 Å². The fourth-order valence-electron chi connectivity index (χ4n) is 2.99. The second kappa shape index (κ2) is 7.40. The van der Waals surface area contributed by atoms with Crippen LogP contribution >= 0.6 is 11.5 Å². The van der Waals surface area contributed by atoms with E-state index in [1.807, 2.05) is 0 Å². The van der Waals surface area contributed by atoms with Gasteiger partial charge in [-0.25, -0.2) is 13.6 Å². The van der Waals surface area contributed by atoms with Crippen LogP contribution in [-0.2, 0) is 6.54 Å². The molecule has 0 spiro atoms. The van der Waals surface area contributed by atoms with Crippen LogP contribution in [0, 0.1) is 11.6 Å². The summed E-state index contributed by atoms with van der Waals surface area (Å²) in [5, 5.41) is 14.0. The highest BCUT2D eigenvalue weighted by atomic mass is 32.1. The summed E-state index contributed by atoms with van der Waals surface area (Å²) in [6.45, 7) is 0.0444. The molecule has 0 atom stereocenters. The molecule has 2 aromatic carbocycles. The number of hydrogen-bond acceptors (Lipinski definition) is 6. The van der Waals surface area contributed by atoms with Gasteiger partial charge in [0.05, 0.1) is 17.1 Å². The van der Waals surface area contributed by atoms with Gasteiger partial charge in [-0.05, 0) is 29.2 Å². The summed E-state index contributed by atoms with van der Waals surface area (Å²) in [5.74, 6) is -2.40. The van der Waals surface area contributed by atoms with E-state index in [-0.39, 0.29) is 12.1 Å². The third kappa shape index (κ3) is 3.57. The van der Waals surface area contributed by atoms with Gasteiger partial charge < -0.3 is 14.4 Å². The van der Waals surface area contributed by atoms with Crippen molar-refractivity contribution in [1.29, 1.82) is 0 Å². The molecule has 29 heavy (non-hydrogen) atoms. The van der Waals surface area contributed by atoms with E-state index in [4.69, 9.17) is 5.11 Å². The Morgan fingerprint density at radius 2 is 1.86 bits per heavy atom. The van der Waals surface area contributed by atoms with E-state index >= 15 is 0 Å². The van der Waals surface area contributed by atoms with Crippen molar-refractivity contribution in [3.8, 4) is 17.0 Å². The van der Waals surface area contributed by atoms with E-state index < -0.39 is 34.4 Å². The third-order valence-corrected chi connectivity index (χ3v) is 4.75. The van der Waals surface area contributed by atoms with Crippen LogP contribution < -0.4 is 10.2 Å². The van der Waals surface area contributed by atoms with Crippen molar-refractivity contribution in [1.82, 2.24) is 14.2 Å². The number of halogens is 2. The molecule has 0 unspecified atom stereocenters. The van der Waals surface area contributed by atoms with Crippen molar-refractivity contribution in [2.24, 2.45) is 0 Å². The molecule has 1 N–H and O–H groups in total. The van der Waals surface area contributed by atoms with Gasteiger partial charge in [-0.2, -0.15) is 0 Å². The molecule has 0 radical (unpaired) electrons. The molecule has 0 fully saturated rings. The normalized spacial score (nSPS) is 11.0. The summed E-state index contributed by atoms with van der Waals surface area (Å²) in [6, 6.07) is 8.82. The number of fused-ring (bicyclic) bond motifs is 1. The highest BCUT2D eigenvalue weighted by Crippen LogP contribution is 2.24. The van der Waals surface area contributed by atoms with Crippen LogP contribution in [-0.4, -0.2) is 25.4 Å². The highest BCUT2D eigenvalue weighted by Gasteiger charge is 2.19. The first kappa shape index (κ1) is 18.7. The summed E-state index contributed by atoms with van der Waals surface area (Å²) in [7, 11) is 0. The molecule has 0 aliphatic heterocycles. The van der Waals surface area contributed by atoms with E-state index in [0.717, 1.165) is 23.9 Å². The Labute approximate surface area is 165 Å². The average Bonchev–Trinajstić information content (AvgIpc) is 3.22. The van der Waals surface area contributed by atoms with Gasteiger partial charge in [-0.3, -0.25) is 4.79 Å². The van der Waals surface area contributed by atoms with Gasteiger partial charge >= 0.3 is 6.16 Å². The van der Waals surface area contributed by atoms with E-state index in [2.05, 4.69) is 14.3 Å². The Kier molecular flexibility index (Phi) is 4.77. The molecule has 10 heteroatoms. The zero-order chi connectivity index (χ0) is 20.5. The number of pyridine rings is 1. The predicted octanol–water partition coefficient (Wildman–Crippen LogP) is 3.90. The topological polar surface area (TPSA) is 94.3 Å². The number of aromatic nitrogens is 3. The van der Waals surface area contributed by atoms with Crippen LogP contribution in [0.5, 0.6) is 5.75 Å². The lowest BCUT2D eigenvalue weighted by molar-refractivity contribution is 0.144. The zero-order valence-corrected chi connectivity index (χ0v) is 15.3. The smallest absolute Gasteiger partial charge is 0.449 e. The molecule has 4 rings (SSSR count). The Hall–Kier alpha value is -3.66. The number of benzene rings is 2. The van der Waals surface area contributed by atoms with Gasteiger partial charge in [0.1, 0.15) is 17.3 Å². The summed E-state index contributed by atoms with van der Waals surface area (Å²) in [6.07, 6.45) is -0.675. The van der Waals surface area contributed by atoms with Gasteiger partial charge in [0.15, 0.2) is 5.75 Å². The second-order valence-corrected chi connectivity index (χ2v) is 6.67.